The van der Waals surface area contributed by atoms with Crippen LogP contribution in [0.3, 0.4) is 0 Å². The van der Waals surface area contributed by atoms with Crippen LogP contribution in [0.15, 0.2) is 6.20 Å². The van der Waals surface area contributed by atoms with Crippen LogP contribution in [0.5, 0.6) is 0 Å². The summed E-state index contributed by atoms with van der Waals surface area (Å²) in [5.41, 5.74) is 0.641. The van der Waals surface area contributed by atoms with Gasteiger partial charge in [-0.15, -0.1) is 0 Å². The van der Waals surface area contributed by atoms with Gasteiger partial charge in [-0.2, -0.15) is 0 Å². The normalized spacial score (nSPS) is 24.5. The number of H-pyrrole nitrogens is 1. The van der Waals surface area contributed by atoms with Crippen molar-refractivity contribution in [2.24, 2.45) is 0 Å². The third-order valence-electron chi connectivity index (χ3n) is 2.63. The molecule has 1 unspecified atom stereocenters. The highest BCUT2D eigenvalue weighted by Gasteiger charge is 2.30. The van der Waals surface area contributed by atoms with Crippen LogP contribution in [0.25, 0.3) is 0 Å². The van der Waals surface area contributed by atoms with Gasteiger partial charge in [-0.25, -0.2) is 8.42 Å². The Morgan fingerprint density at radius 2 is 2.40 bits per heavy atom. The highest BCUT2D eigenvalue weighted by atomic mass is 32.2. The summed E-state index contributed by atoms with van der Waals surface area (Å²) in [4.78, 5) is 2.82. The monoisotopic (exact) mass is 248 g/mol. The second-order valence-electron chi connectivity index (χ2n) is 3.67. The number of nitrogens with one attached hydrogen (secondary N) is 1. The summed E-state index contributed by atoms with van der Waals surface area (Å²) in [5.74, 6) is 0.321. The summed E-state index contributed by atoms with van der Waals surface area (Å²) in [7, 11) is -2.93. The largest absolute Gasteiger partial charge is 0.390 e. The second-order valence-corrected chi connectivity index (χ2v) is 6.29. The predicted octanol–water partition coefficient (Wildman–Crippen LogP) is 0.398. The number of nitrogens with zero attached hydrogens (tertiary/aromatic N) is 1. The van der Waals surface area contributed by atoms with E-state index < -0.39 is 9.84 Å². The first-order chi connectivity index (χ1) is 7.03. The van der Waals surface area contributed by atoms with Crippen molar-refractivity contribution in [3.63, 3.8) is 0 Å². The molecule has 0 aromatic carbocycles. The lowest BCUT2D eigenvalue weighted by atomic mass is 10.2. The minimum Gasteiger partial charge on any atom is -0.390 e. The Balaban J connectivity index is 2.39. The average molecular weight is 248 g/mol. The Kier molecular flexibility index (Phi) is 2.70. The van der Waals surface area contributed by atoms with Crippen LogP contribution >= 0.6 is 12.2 Å². The summed E-state index contributed by atoms with van der Waals surface area (Å²) in [6.45, 7) is -0.135. The molecule has 0 amide bonds. The van der Waals surface area contributed by atoms with Crippen molar-refractivity contribution in [1.29, 1.82) is 0 Å². The lowest BCUT2D eigenvalue weighted by Gasteiger charge is -2.12. The van der Waals surface area contributed by atoms with Gasteiger partial charge in [0.05, 0.1) is 29.8 Å². The van der Waals surface area contributed by atoms with Gasteiger partial charge >= 0.3 is 0 Å². The standard InChI is InChI=1S/C8H12N2O3S2/c11-4-7-3-9-8(14)10(7)6-1-2-15(12,13)5-6/h3,6,11H,1-2,4-5H2,(H,9,14). The molecule has 1 aliphatic heterocycles. The van der Waals surface area contributed by atoms with E-state index in [0.29, 0.717) is 16.9 Å². The van der Waals surface area contributed by atoms with E-state index in [9.17, 15) is 8.42 Å². The van der Waals surface area contributed by atoms with Gasteiger partial charge in [0.1, 0.15) is 0 Å². The van der Waals surface area contributed by atoms with E-state index in [1.807, 2.05) is 0 Å². The van der Waals surface area contributed by atoms with Crippen molar-refractivity contribution < 1.29 is 13.5 Å². The number of aliphatic hydroxyl groups excluding tert-OH is 1. The Morgan fingerprint density at radius 3 is 2.93 bits per heavy atom. The van der Waals surface area contributed by atoms with Crippen LogP contribution in [0.2, 0.25) is 0 Å². The molecule has 2 rings (SSSR count). The first-order valence-electron chi connectivity index (χ1n) is 4.63. The zero-order valence-corrected chi connectivity index (χ0v) is 9.64. The first kappa shape index (κ1) is 10.8. The van der Waals surface area contributed by atoms with Gasteiger partial charge in [0.15, 0.2) is 14.6 Å². The van der Waals surface area contributed by atoms with Gasteiger partial charge in [0.2, 0.25) is 0 Å². The lowest BCUT2D eigenvalue weighted by Crippen LogP contribution is -2.13. The highest BCUT2D eigenvalue weighted by molar-refractivity contribution is 7.91. The Labute approximate surface area is 92.7 Å². The molecule has 2 heterocycles. The van der Waals surface area contributed by atoms with Crippen LogP contribution in [-0.2, 0) is 16.4 Å². The fourth-order valence-corrected chi connectivity index (χ4v) is 3.94. The van der Waals surface area contributed by atoms with Crippen LogP contribution in [0.1, 0.15) is 18.2 Å². The molecule has 1 aromatic rings. The maximum absolute atomic E-state index is 11.3. The van der Waals surface area contributed by atoms with Gasteiger partial charge in [0.25, 0.3) is 0 Å². The van der Waals surface area contributed by atoms with Crippen molar-refractivity contribution in [3.05, 3.63) is 16.7 Å². The first-order valence-corrected chi connectivity index (χ1v) is 6.86. The number of imidazole rings is 1. The molecule has 15 heavy (non-hydrogen) atoms. The Bertz CT molecular complexity index is 514. The molecule has 0 saturated carbocycles. The molecule has 7 heteroatoms. The van der Waals surface area contributed by atoms with Gasteiger partial charge in [0, 0.05) is 6.20 Å². The molecule has 0 bridgehead atoms. The number of aromatic amines is 1. The highest BCUT2D eigenvalue weighted by Crippen LogP contribution is 2.25. The van der Waals surface area contributed by atoms with Gasteiger partial charge in [-0.1, -0.05) is 0 Å². The maximum Gasteiger partial charge on any atom is 0.177 e. The molecule has 2 N–H and O–H groups in total. The van der Waals surface area contributed by atoms with Crippen LogP contribution in [-0.4, -0.2) is 34.6 Å². The fourth-order valence-electron chi connectivity index (χ4n) is 1.92. The summed E-state index contributed by atoms with van der Waals surface area (Å²) in [6.07, 6.45) is 2.19. The maximum atomic E-state index is 11.3. The van der Waals surface area contributed by atoms with E-state index >= 15 is 0 Å². The van der Waals surface area contributed by atoms with Gasteiger partial charge in [-0.05, 0) is 18.6 Å². The zero-order chi connectivity index (χ0) is 11.1. The average Bonchev–Trinajstić information content (AvgIpc) is 2.69. The summed E-state index contributed by atoms with van der Waals surface area (Å²) >= 11 is 5.05. The lowest BCUT2D eigenvalue weighted by molar-refractivity contribution is 0.267. The second kappa shape index (κ2) is 3.73. The minimum absolute atomic E-state index is 0.117. The van der Waals surface area contributed by atoms with Crippen LogP contribution < -0.4 is 0 Å². The summed E-state index contributed by atoms with van der Waals surface area (Å²) in [5, 5.41) is 9.09. The number of aromatic nitrogens is 2. The molecule has 84 valence electrons. The van der Waals surface area contributed by atoms with Crippen LogP contribution in [0, 0.1) is 4.77 Å². The molecule has 1 atom stereocenters. The van der Waals surface area contributed by atoms with Gasteiger partial charge < -0.3 is 14.7 Å². The molecule has 5 nitrogen and oxygen atoms in total. The Morgan fingerprint density at radius 1 is 1.67 bits per heavy atom. The molecule has 1 fully saturated rings. The van der Waals surface area contributed by atoms with E-state index in [-0.39, 0.29) is 24.2 Å². The van der Waals surface area contributed by atoms with Crippen LogP contribution in [0.4, 0.5) is 0 Å². The molecule has 1 aliphatic rings. The minimum atomic E-state index is -2.93. The number of sulfone groups is 1. The number of rotatable bonds is 2. The molecule has 0 radical (unpaired) electrons. The van der Waals surface area contributed by atoms with Crippen molar-refractivity contribution in [3.8, 4) is 0 Å². The van der Waals surface area contributed by atoms with Crippen molar-refractivity contribution in [2.45, 2.75) is 19.1 Å². The van der Waals surface area contributed by atoms with E-state index in [4.69, 9.17) is 17.3 Å². The summed E-state index contributed by atoms with van der Waals surface area (Å²) < 4.78 is 24.8. The van der Waals surface area contributed by atoms with Crippen molar-refractivity contribution >= 4 is 22.1 Å². The smallest absolute Gasteiger partial charge is 0.177 e. The summed E-state index contributed by atoms with van der Waals surface area (Å²) in [6, 6.07) is -0.129. The molecule has 1 aromatic heterocycles. The number of aliphatic hydroxyl groups is 1. The zero-order valence-electron chi connectivity index (χ0n) is 8.01. The molecular formula is C8H12N2O3S2. The topological polar surface area (TPSA) is 75.1 Å². The number of hydrogen-bond acceptors (Lipinski definition) is 4. The quantitative estimate of drug-likeness (QED) is 0.743. The molecule has 0 aliphatic carbocycles. The van der Waals surface area contributed by atoms with Gasteiger partial charge in [-0.3, -0.25) is 0 Å². The molecule has 1 saturated heterocycles. The van der Waals surface area contributed by atoms with E-state index in [0.717, 1.165) is 0 Å². The third kappa shape index (κ3) is 1.99. The molecule has 0 spiro atoms. The SMILES string of the molecule is O=S1(=O)CCC(n2c(CO)c[nH]c2=S)C1. The molecular weight excluding hydrogens is 236 g/mol. The predicted molar refractivity (Wildman–Crippen MR) is 57.8 cm³/mol. The van der Waals surface area contributed by atoms with Crippen molar-refractivity contribution in [1.82, 2.24) is 9.55 Å². The van der Waals surface area contributed by atoms with E-state index in [1.54, 1.807) is 10.8 Å². The fraction of sp³-hybridized carbons (Fsp3) is 0.625. The third-order valence-corrected chi connectivity index (χ3v) is 4.69. The van der Waals surface area contributed by atoms with E-state index in [2.05, 4.69) is 4.98 Å². The van der Waals surface area contributed by atoms with Crippen molar-refractivity contribution in [2.75, 3.05) is 11.5 Å². The Hall–Kier alpha value is -0.660. The number of hydrogen-bond donors (Lipinski definition) is 2. The van der Waals surface area contributed by atoms with E-state index in [1.165, 1.54) is 0 Å².